The van der Waals surface area contributed by atoms with Crippen LogP contribution in [-0.2, 0) is 11.3 Å². The molecule has 0 aliphatic carbocycles. The number of carbonyl (C=O) groups excluding carboxylic acids is 1. The van der Waals surface area contributed by atoms with Crippen LogP contribution >= 0.6 is 11.8 Å². The van der Waals surface area contributed by atoms with Crippen LogP contribution in [0.5, 0.6) is 0 Å². The monoisotopic (exact) mass is 301 g/mol. The standard InChI is InChI=1S/C11H19N5O3S/c1-20-8-3-9(10(17)18)14-11(19)12-4-2-6-16-7-5-13-15-16/h5,7,9H,2-4,6,8H2,1H3,(H,17,18)(H2,12,14,19)/t9-/m0/s1. The zero-order chi connectivity index (χ0) is 14.8. The number of rotatable bonds is 9. The normalized spacial score (nSPS) is 11.8. The lowest BCUT2D eigenvalue weighted by Gasteiger charge is -2.14. The second kappa shape index (κ2) is 9.18. The molecule has 3 N–H and O–H groups in total. The van der Waals surface area contributed by atoms with Crippen molar-refractivity contribution >= 4 is 23.8 Å². The van der Waals surface area contributed by atoms with Crippen molar-refractivity contribution < 1.29 is 14.7 Å². The van der Waals surface area contributed by atoms with E-state index < -0.39 is 18.0 Å². The fraction of sp³-hybridized carbons (Fsp3) is 0.636. The van der Waals surface area contributed by atoms with Crippen LogP contribution in [0.3, 0.4) is 0 Å². The van der Waals surface area contributed by atoms with Gasteiger partial charge in [-0.3, -0.25) is 4.68 Å². The predicted octanol–water partition coefficient (Wildman–Crippen LogP) is 0.174. The Hall–Kier alpha value is -1.77. The van der Waals surface area contributed by atoms with Crippen molar-refractivity contribution in [3.63, 3.8) is 0 Å². The Balaban J connectivity index is 2.18. The number of thioether (sulfide) groups is 1. The van der Waals surface area contributed by atoms with Gasteiger partial charge in [0.05, 0.1) is 6.20 Å². The summed E-state index contributed by atoms with van der Waals surface area (Å²) in [7, 11) is 0. The van der Waals surface area contributed by atoms with Crippen molar-refractivity contribution in [2.24, 2.45) is 0 Å². The molecule has 0 aromatic carbocycles. The summed E-state index contributed by atoms with van der Waals surface area (Å²) < 4.78 is 1.66. The highest BCUT2D eigenvalue weighted by Gasteiger charge is 2.18. The molecular weight excluding hydrogens is 282 g/mol. The van der Waals surface area contributed by atoms with Gasteiger partial charge in [-0.15, -0.1) is 5.10 Å². The number of hydrogen-bond acceptors (Lipinski definition) is 5. The maximum absolute atomic E-state index is 11.6. The summed E-state index contributed by atoms with van der Waals surface area (Å²) >= 11 is 1.54. The lowest BCUT2D eigenvalue weighted by atomic mass is 10.2. The van der Waals surface area contributed by atoms with E-state index in [0.29, 0.717) is 31.7 Å². The van der Waals surface area contributed by atoms with E-state index in [4.69, 9.17) is 5.11 Å². The van der Waals surface area contributed by atoms with Crippen LogP contribution in [0.4, 0.5) is 4.79 Å². The number of aliphatic carboxylic acids is 1. The molecule has 2 amide bonds. The Morgan fingerprint density at radius 2 is 2.30 bits per heavy atom. The topological polar surface area (TPSA) is 109 Å². The molecule has 0 saturated heterocycles. The van der Waals surface area contributed by atoms with E-state index in [9.17, 15) is 9.59 Å². The Morgan fingerprint density at radius 1 is 1.50 bits per heavy atom. The highest BCUT2D eigenvalue weighted by Crippen LogP contribution is 2.00. The van der Waals surface area contributed by atoms with Crippen molar-refractivity contribution in [2.45, 2.75) is 25.4 Å². The molecule has 1 aromatic heterocycles. The van der Waals surface area contributed by atoms with Gasteiger partial charge >= 0.3 is 12.0 Å². The van der Waals surface area contributed by atoms with Gasteiger partial charge in [-0.05, 0) is 24.9 Å². The number of aromatic nitrogens is 3. The van der Waals surface area contributed by atoms with Crippen LogP contribution < -0.4 is 10.6 Å². The minimum atomic E-state index is -1.02. The summed E-state index contributed by atoms with van der Waals surface area (Å²) in [6.07, 6.45) is 6.32. The summed E-state index contributed by atoms with van der Waals surface area (Å²) in [6, 6.07) is -1.31. The maximum Gasteiger partial charge on any atom is 0.326 e. The third kappa shape index (κ3) is 6.41. The fourth-order valence-electron chi connectivity index (χ4n) is 1.50. The SMILES string of the molecule is CSCC[C@H](NC(=O)NCCCn1ccnn1)C(=O)O. The number of nitrogens with one attached hydrogen (secondary N) is 2. The number of carbonyl (C=O) groups is 2. The first kappa shape index (κ1) is 16.3. The highest BCUT2D eigenvalue weighted by molar-refractivity contribution is 7.98. The van der Waals surface area contributed by atoms with E-state index in [1.165, 1.54) is 0 Å². The molecule has 9 heteroatoms. The number of aryl methyl sites for hydroxylation is 1. The number of nitrogens with zero attached hydrogens (tertiary/aromatic N) is 3. The zero-order valence-electron chi connectivity index (χ0n) is 11.3. The van der Waals surface area contributed by atoms with E-state index in [2.05, 4.69) is 20.9 Å². The molecular formula is C11H19N5O3S. The largest absolute Gasteiger partial charge is 0.480 e. The Bertz CT molecular complexity index is 412. The minimum Gasteiger partial charge on any atom is -0.480 e. The van der Waals surface area contributed by atoms with Crippen LogP contribution in [-0.4, -0.2) is 56.7 Å². The molecule has 112 valence electrons. The first-order valence-corrected chi connectivity index (χ1v) is 7.63. The molecule has 0 aliphatic rings. The summed E-state index contributed by atoms with van der Waals surface area (Å²) in [6.45, 7) is 1.09. The Labute approximate surface area is 121 Å². The van der Waals surface area contributed by atoms with Crippen LogP contribution in [0.25, 0.3) is 0 Å². The minimum absolute atomic E-state index is 0.406. The molecule has 0 saturated carbocycles. The van der Waals surface area contributed by atoms with Gasteiger partial charge in [0.1, 0.15) is 6.04 Å². The molecule has 1 atom stereocenters. The van der Waals surface area contributed by atoms with Gasteiger partial charge in [-0.2, -0.15) is 11.8 Å². The van der Waals surface area contributed by atoms with Gasteiger partial charge in [-0.1, -0.05) is 5.21 Å². The lowest BCUT2D eigenvalue weighted by molar-refractivity contribution is -0.139. The van der Waals surface area contributed by atoms with Gasteiger partial charge < -0.3 is 15.7 Å². The smallest absolute Gasteiger partial charge is 0.326 e. The molecule has 0 fully saturated rings. The van der Waals surface area contributed by atoms with Crippen molar-refractivity contribution in [2.75, 3.05) is 18.6 Å². The van der Waals surface area contributed by atoms with Gasteiger partial charge in [0.25, 0.3) is 0 Å². The average molecular weight is 301 g/mol. The summed E-state index contributed by atoms with van der Waals surface area (Å²) in [5, 5.41) is 21.5. The number of amides is 2. The van der Waals surface area contributed by atoms with Crippen molar-refractivity contribution in [3.05, 3.63) is 12.4 Å². The van der Waals surface area contributed by atoms with E-state index in [1.54, 1.807) is 28.8 Å². The zero-order valence-corrected chi connectivity index (χ0v) is 12.1. The Morgan fingerprint density at radius 3 is 2.90 bits per heavy atom. The van der Waals surface area contributed by atoms with Crippen LogP contribution in [0.1, 0.15) is 12.8 Å². The first-order chi connectivity index (χ1) is 9.63. The van der Waals surface area contributed by atoms with Gasteiger partial charge in [0, 0.05) is 19.3 Å². The molecule has 0 unspecified atom stereocenters. The number of carboxylic acids is 1. The molecule has 1 rings (SSSR count). The quantitative estimate of drug-likeness (QED) is 0.561. The summed E-state index contributed by atoms with van der Waals surface area (Å²) in [4.78, 5) is 22.5. The number of hydrogen-bond donors (Lipinski definition) is 3. The average Bonchev–Trinajstić information content (AvgIpc) is 2.92. The van der Waals surface area contributed by atoms with Crippen molar-refractivity contribution in [1.29, 1.82) is 0 Å². The van der Waals surface area contributed by atoms with E-state index >= 15 is 0 Å². The van der Waals surface area contributed by atoms with E-state index in [0.717, 1.165) is 0 Å². The van der Waals surface area contributed by atoms with E-state index in [-0.39, 0.29) is 0 Å². The second-order valence-corrected chi connectivity index (χ2v) is 5.08. The van der Waals surface area contributed by atoms with Crippen LogP contribution in [0, 0.1) is 0 Å². The number of urea groups is 1. The molecule has 0 aliphatic heterocycles. The lowest BCUT2D eigenvalue weighted by Crippen LogP contribution is -2.46. The van der Waals surface area contributed by atoms with Gasteiger partial charge in [0.15, 0.2) is 0 Å². The van der Waals surface area contributed by atoms with Gasteiger partial charge in [-0.25, -0.2) is 9.59 Å². The third-order valence-electron chi connectivity index (χ3n) is 2.54. The van der Waals surface area contributed by atoms with Crippen molar-refractivity contribution in [3.8, 4) is 0 Å². The fourth-order valence-corrected chi connectivity index (χ4v) is 1.97. The molecule has 1 aromatic rings. The molecule has 1 heterocycles. The molecule has 20 heavy (non-hydrogen) atoms. The van der Waals surface area contributed by atoms with Crippen molar-refractivity contribution in [1.82, 2.24) is 25.6 Å². The Kier molecular flexibility index (Phi) is 7.48. The van der Waals surface area contributed by atoms with Crippen LogP contribution in [0.15, 0.2) is 12.4 Å². The maximum atomic E-state index is 11.6. The molecule has 0 spiro atoms. The van der Waals surface area contributed by atoms with Crippen LogP contribution in [0.2, 0.25) is 0 Å². The second-order valence-electron chi connectivity index (χ2n) is 4.09. The summed E-state index contributed by atoms with van der Waals surface area (Å²) in [5.41, 5.74) is 0. The van der Waals surface area contributed by atoms with E-state index in [1.807, 2.05) is 6.26 Å². The number of carboxylic acid groups (broad SMARTS) is 1. The third-order valence-corrected chi connectivity index (χ3v) is 3.18. The molecule has 0 bridgehead atoms. The summed E-state index contributed by atoms with van der Waals surface area (Å²) in [5.74, 6) is -0.333. The molecule has 0 radical (unpaired) electrons. The first-order valence-electron chi connectivity index (χ1n) is 6.23. The van der Waals surface area contributed by atoms with Gasteiger partial charge in [0.2, 0.25) is 0 Å². The highest BCUT2D eigenvalue weighted by atomic mass is 32.2. The predicted molar refractivity (Wildman–Crippen MR) is 75.6 cm³/mol. The molecule has 8 nitrogen and oxygen atoms in total.